The molecule has 2 aromatic carbocycles. The van der Waals surface area contributed by atoms with Gasteiger partial charge in [0.15, 0.2) is 11.5 Å². The first kappa shape index (κ1) is 22.6. The molecule has 9 heteroatoms. The topological polar surface area (TPSA) is 131 Å². The van der Waals surface area contributed by atoms with Crippen molar-refractivity contribution in [2.45, 2.75) is 31.7 Å². The van der Waals surface area contributed by atoms with Gasteiger partial charge < -0.3 is 25.0 Å². The lowest BCUT2D eigenvalue weighted by molar-refractivity contribution is -0.153. The van der Waals surface area contributed by atoms with Crippen molar-refractivity contribution in [2.75, 3.05) is 13.2 Å². The Bertz CT molecular complexity index is 1230. The lowest BCUT2D eigenvalue weighted by Gasteiger charge is -2.37. The highest BCUT2D eigenvalue weighted by molar-refractivity contribution is 5.92. The van der Waals surface area contributed by atoms with Gasteiger partial charge in [0, 0.05) is 18.5 Å². The number of ether oxygens (including phenoxy) is 1. The fourth-order valence-corrected chi connectivity index (χ4v) is 4.72. The van der Waals surface area contributed by atoms with Gasteiger partial charge in [-0.2, -0.15) is 0 Å². The van der Waals surface area contributed by atoms with Crippen LogP contribution in [0, 0.1) is 5.41 Å². The van der Waals surface area contributed by atoms with Crippen molar-refractivity contribution in [2.24, 2.45) is 5.41 Å². The van der Waals surface area contributed by atoms with Crippen LogP contribution >= 0.6 is 0 Å². The summed E-state index contributed by atoms with van der Waals surface area (Å²) < 4.78 is 10.6. The van der Waals surface area contributed by atoms with Crippen LogP contribution in [-0.4, -0.2) is 41.4 Å². The molecule has 9 nitrogen and oxygen atoms in total. The lowest BCUT2D eigenvalue weighted by atomic mass is 9.69. The molecule has 1 saturated carbocycles. The maximum atomic E-state index is 12.3. The van der Waals surface area contributed by atoms with E-state index in [0.29, 0.717) is 12.8 Å². The Morgan fingerprint density at radius 2 is 1.69 bits per heavy atom. The van der Waals surface area contributed by atoms with E-state index in [1.807, 2.05) is 36.4 Å². The van der Waals surface area contributed by atoms with Crippen LogP contribution in [0.1, 0.15) is 52.6 Å². The number of benzene rings is 2. The van der Waals surface area contributed by atoms with Gasteiger partial charge in [-0.25, -0.2) is 4.79 Å². The molecule has 3 aromatic rings. The predicted molar refractivity (Wildman–Crippen MR) is 125 cm³/mol. The second kappa shape index (κ2) is 9.25. The molecule has 2 amide bonds. The smallest absolute Gasteiger partial charge is 0.407 e. The van der Waals surface area contributed by atoms with Crippen LogP contribution in [0.3, 0.4) is 0 Å². The molecule has 3 N–H and O–H groups in total. The number of amides is 2. The molecule has 0 unspecified atom stereocenters. The van der Waals surface area contributed by atoms with Gasteiger partial charge in [-0.1, -0.05) is 60.1 Å². The van der Waals surface area contributed by atoms with Gasteiger partial charge in [-0.15, -0.1) is 0 Å². The molecule has 2 aliphatic rings. The Kier molecular flexibility index (Phi) is 5.98. The number of nitrogens with zero attached hydrogens (tertiary/aromatic N) is 1. The van der Waals surface area contributed by atoms with Gasteiger partial charge in [0.05, 0.1) is 12.0 Å². The summed E-state index contributed by atoms with van der Waals surface area (Å²) in [6.07, 6.45) is 1.30. The monoisotopic (exact) mass is 475 g/mol. The minimum atomic E-state index is -0.905. The first-order valence-corrected chi connectivity index (χ1v) is 11.5. The lowest BCUT2D eigenvalue weighted by Crippen LogP contribution is -2.47. The van der Waals surface area contributed by atoms with Gasteiger partial charge in [0.2, 0.25) is 0 Å². The Labute approximate surface area is 201 Å². The van der Waals surface area contributed by atoms with Crippen molar-refractivity contribution < 1.29 is 28.8 Å². The Morgan fingerprint density at radius 3 is 2.29 bits per heavy atom. The summed E-state index contributed by atoms with van der Waals surface area (Å²) in [4.78, 5) is 36.1. The third-order valence-corrected chi connectivity index (χ3v) is 6.89. The van der Waals surface area contributed by atoms with Gasteiger partial charge in [-0.05, 0) is 35.1 Å². The summed E-state index contributed by atoms with van der Waals surface area (Å²) >= 11 is 0. The number of carboxylic acid groups (broad SMARTS) is 1. The van der Waals surface area contributed by atoms with E-state index in [0.717, 1.165) is 28.7 Å². The number of fused-ring (bicyclic) bond motifs is 3. The summed E-state index contributed by atoms with van der Waals surface area (Å²) in [6, 6.07) is 17.6. The van der Waals surface area contributed by atoms with E-state index >= 15 is 0 Å². The molecule has 0 bridgehead atoms. The maximum absolute atomic E-state index is 12.3. The van der Waals surface area contributed by atoms with E-state index in [4.69, 9.17) is 9.26 Å². The van der Waals surface area contributed by atoms with Crippen LogP contribution in [0.5, 0.6) is 0 Å². The number of aromatic nitrogens is 1. The molecule has 180 valence electrons. The number of rotatable bonds is 8. The number of nitrogens with one attached hydrogen (secondary N) is 2. The van der Waals surface area contributed by atoms with E-state index in [2.05, 4.69) is 27.9 Å². The van der Waals surface area contributed by atoms with Crippen LogP contribution < -0.4 is 10.6 Å². The highest BCUT2D eigenvalue weighted by atomic mass is 16.5. The quantitative estimate of drug-likeness (QED) is 0.453. The number of carbonyl (C=O) groups is 3. The average Bonchev–Trinajstić information content (AvgIpc) is 3.43. The molecule has 0 saturated heterocycles. The second-order valence-corrected chi connectivity index (χ2v) is 8.98. The van der Waals surface area contributed by atoms with E-state index in [-0.39, 0.29) is 37.1 Å². The van der Waals surface area contributed by atoms with Crippen molar-refractivity contribution in [3.05, 3.63) is 77.2 Å². The predicted octanol–water partition coefficient (Wildman–Crippen LogP) is 3.70. The molecule has 0 aliphatic heterocycles. The third kappa shape index (κ3) is 4.37. The number of hydrogen-bond donors (Lipinski definition) is 3. The fourth-order valence-electron chi connectivity index (χ4n) is 4.72. The average molecular weight is 476 g/mol. The van der Waals surface area contributed by atoms with Crippen LogP contribution in [0.4, 0.5) is 4.79 Å². The zero-order valence-corrected chi connectivity index (χ0v) is 19.0. The summed E-state index contributed by atoms with van der Waals surface area (Å²) in [5.41, 5.74) is 3.67. The molecule has 1 aromatic heterocycles. The molecule has 1 heterocycles. The first-order chi connectivity index (χ1) is 17.0. The number of aliphatic carboxylic acids is 1. The van der Waals surface area contributed by atoms with Crippen LogP contribution in [0.15, 0.2) is 59.1 Å². The van der Waals surface area contributed by atoms with E-state index < -0.39 is 23.4 Å². The van der Waals surface area contributed by atoms with E-state index in [9.17, 15) is 19.5 Å². The number of carbonyl (C=O) groups excluding carboxylic acids is 2. The molecule has 1 fully saturated rings. The zero-order chi connectivity index (χ0) is 24.4. The van der Waals surface area contributed by atoms with E-state index in [1.165, 1.54) is 6.07 Å². The van der Waals surface area contributed by atoms with Crippen molar-refractivity contribution in [1.82, 2.24) is 15.8 Å². The molecule has 5 rings (SSSR count). The van der Waals surface area contributed by atoms with Crippen molar-refractivity contribution >= 4 is 18.0 Å². The summed E-state index contributed by atoms with van der Waals surface area (Å²) in [5, 5.41) is 18.3. The maximum Gasteiger partial charge on any atom is 0.407 e. The van der Waals surface area contributed by atoms with Crippen molar-refractivity contribution in [3.63, 3.8) is 0 Å². The van der Waals surface area contributed by atoms with Gasteiger partial charge >= 0.3 is 12.1 Å². The van der Waals surface area contributed by atoms with Crippen LogP contribution in [-0.2, 0) is 16.1 Å². The largest absolute Gasteiger partial charge is 0.481 e. The Hall–Kier alpha value is -4.14. The van der Waals surface area contributed by atoms with Crippen molar-refractivity contribution in [1.29, 1.82) is 0 Å². The van der Waals surface area contributed by atoms with Crippen LogP contribution in [0.2, 0.25) is 0 Å². The molecule has 0 spiro atoms. The molecule has 0 radical (unpaired) electrons. The molecular formula is C26H25N3O6. The Balaban J connectivity index is 1.12. The SMILES string of the molecule is O=C(NCc1cc(C(=O)NCC2(C(=O)O)CCC2)no1)OCC1c2ccccc2-c2ccccc21. The fraction of sp³-hybridized carbons (Fsp3) is 0.308. The van der Waals surface area contributed by atoms with Gasteiger partial charge in [-0.3, -0.25) is 9.59 Å². The normalized spacial score (nSPS) is 15.4. The van der Waals surface area contributed by atoms with E-state index in [1.54, 1.807) is 0 Å². The molecule has 2 aliphatic carbocycles. The summed E-state index contributed by atoms with van der Waals surface area (Å²) in [7, 11) is 0. The summed E-state index contributed by atoms with van der Waals surface area (Å²) in [6.45, 7) is 0.229. The third-order valence-electron chi connectivity index (χ3n) is 6.89. The highest BCUT2D eigenvalue weighted by Crippen LogP contribution is 2.44. The second-order valence-electron chi connectivity index (χ2n) is 8.98. The number of alkyl carbamates (subject to hydrolysis) is 1. The molecule has 0 atom stereocenters. The number of carboxylic acids is 1. The number of hydrogen-bond acceptors (Lipinski definition) is 6. The standard InChI is InChI=1S/C26H25N3O6/c30-23(28-15-26(24(31)32)10-5-11-26)22-12-16(35-29-22)13-27-25(33)34-14-21-19-8-3-1-6-17(19)18-7-2-4-9-20(18)21/h1-4,6-9,12,21H,5,10-11,13-15H2,(H,27,33)(H,28,30)(H,31,32). The van der Waals surface area contributed by atoms with Crippen molar-refractivity contribution in [3.8, 4) is 11.1 Å². The highest BCUT2D eigenvalue weighted by Gasteiger charge is 2.44. The first-order valence-electron chi connectivity index (χ1n) is 11.5. The van der Waals surface area contributed by atoms with Gasteiger partial charge in [0.1, 0.15) is 6.61 Å². The zero-order valence-electron chi connectivity index (χ0n) is 19.0. The molecular weight excluding hydrogens is 450 g/mol. The Morgan fingerprint density at radius 1 is 1.03 bits per heavy atom. The summed E-state index contributed by atoms with van der Waals surface area (Å²) in [5.74, 6) is -1.19. The minimum Gasteiger partial charge on any atom is -0.481 e. The minimum absolute atomic E-state index is 0.00395. The molecule has 35 heavy (non-hydrogen) atoms. The van der Waals surface area contributed by atoms with Crippen LogP contribution in [0.25, 0.3) is 11.1 Å². The van der Waals surface area contributed by atoms with Gasteiger partial charge in [0.25, 0.3) is 5.91 Å².